The van der Waals surface area contributed by atoms with Crippen LogP contribution in [0.25, 0.3) is 0 Å². The van der Waals surface area contributed by atoms with Crippen LogP contribution in [0.1, 0.15) is 5.56 Å². The van der Waals surface area contributed by atoms with Crippen LogP contribution in [0.3, 0.4) is 0 Å². The first-order valence-electron chi connectivity index (χ1n) is 5.89. The van der Waals surface area contributed by atoms with E-state index in [1.54, 1.807) is 37.3 Å². The first-order chi connectivity index (χ1) is 9.87. The van der Waals surface area contributed by atoms with Crippen molar-refractivity contribution in [3.05, 3.63) is 64.2 Å². The summed E-state index contributed by atoms with van der Waals surface area (Å²) in [6, 6.07) is 12.6. The van der Waals surface area contributed by atoms with Crippen LogP contribution in [0.4, 0.5) is 5.69 Å². The minimum Gasteiger partial charge on any atom is -0.416 e. The fourth-order valence-corrected chi connectivity index (χ4v) is 2.98. The number of para-hydroxylation sites is 1. The van der Waals surface area contributed by atoms with Crippen molar-refractivity contribution in [2.75, 3.05) is 0 Å². The highest BCUT2D eigenvalue weighted by Gasteiger charge is 2.21. The highest BCUT2D eigenvalue weighted by Crippen LogP contribution is 2.45. The molecule has 1 N–H and O–H groups in total. The molecule has 2 aromatic rings. The third-order valence-corrected chi connectivity index (χ3v) is 3.86. The van der Waals surface area contributed by atoms with Gasteiger partial charge in [0.15, 0.2) is 0 Å². The second-order valence-corrected chi connectivity index (χ2v) is 6.86. The molecule has 6 nitrogen and oxygen atoms in total. The zero-order valence-electron chi connectivity index (χ0n) is 11.0. The second-order valence-electron chi connectivity index (χ2n) is 4.17. The monoisotopic (exact) mass is 325 g/mol. The molecular formula is C13H12NO5PS. The molecule has 0 aromatic heterocycles. The molecule has 21 heavy (non-hydrogen) atoms. The van der Waals surface area contributed by atoms with Crippen molar-refractivity contribution in [1.82, 2.24) is 0 Å². The summed E-state index contributed by atoms with van der Waals surface area (Å²) in [4.78, 5) is 20.2. The summed E-state index contributed by atoms with van der Waals surface area (Å²) >= 11 is 4.94. The van der Waals surface area contributed by atoms with Gasteiger partial charge in [-0.2, -0.15) is 0 Å². The van der Waals surface area contributed by atoms with E-state index in [1.807, 2.05) is 0 Å². The van der Waals surface area contributed by atoms with E-state index >= 15 is 0 Å². The average Bonchev–Trinajstić information content (AvgIpc) is 2.41. The molecule has 0 saturated carbocycles. The Bertz CT molecular complexity index is 707. The van der Waals surface area contributed by atoms with Crippen molar-refractivity contribution in [3.8, 4) is 11.5 Å². The van der Waals surface area contributed by atoms with Crippen molar-refractivity contribution in [1.29, 1.82) is 0 Å². The van der Waals surface area contributed by atoms with Crippen molar-refractivity contribution in [2.24, 2.45) is 0 Å². The Balaban J connectivity index is 2.17. The molecule has 110 valence electrons. The van der Waals surface area contributed by atoms with Crippen molar-refractivity contribution in [3.63, 3.8) is 0 Å². The van der Waals surface area contributed by atoms with Crippen LogP contribution < -0.4 is 9.05 Å². The predicted molar refractivity (Wildman–Crippen MR) is 82.0 cm³/mol. The van der Waals surface area contributed by atoms with Gasteiger partial charge in [-0.05, 0) is 30.7 Å². The predicted octanol–water partition coefficient (Wildman–Crippen LogP) is 3.58. The quantitative estimate of drug-likeness (QED) is 0.514. The lowest BCUT2D eigenvalue weighted by Crippen LogP contribution is -2.01. The van der Waals surface area contributed by atoms with E-state index in [9.17, 15) is 15.0 Å². The molecule has 2 aromatic carbocycles. The number of nitro benzene ring substituents is 1. The molecule has 0 spiro atoms. The standard InChI is InChI=1S/C13H12NO5PS/c1-10-9-11(14(15)16)7-8-13(10)19-20(17,21)18-12-5-3-2-4-6-12/h2-9H,1H3,(H,17,21). The maximum Gasteiger partial charge on any atom is 0.432 e. The molecular weight excluding hydrogens is 313 g/mol. The number of nitrogens with zero attached hydrogens (tertiary/aromatic N) is 1. The summed E-state index contributed by atoms with van der Waals surface area (Å²) in [5, 5.41) is 10.7. The number of benzene rings is 2. The van der Waals surface area contributed by atoms with E-state index in [1.165, 1.54) is 18.2 Å². The summed E-state index contributed by atoms with van der Waals surface area (Å²) in [5.41, 5.74) is 0.430. The SMILES string of the molecule is Cc1cc([N+](=O)[O-])ccc1OP(O)(=S)Oc1ccccc1. The minimum atomic E-state index is -3.54. The van der Waals surface area contributed by atoms with Crippen LogP contribution in [0.5, 0.6) is 11.5 Å². The van der Waals surface area contributed by atoms with Crippen LogP contribution >= 0.6 is 6.72 Å². The Hall–Kier alpha value is -1.95. The van der Waals surface area contributed by atoms with E-state index in [0.29, 0.717) is 11.3 Å². The Labute approximate surface area is 126 Å². The van der Waals surface area contributed by atoms with Gasteiger partial charge < -0.3 is 13.9 Å². The number of non-ortho nitro benzene ring substituents is 1. The Morgan fingerprint density at radius 1 is 1.19 bits per heavy atom. The van der Waals surface area contributed by atoms with E-state index in [4.69, 9.17) is 20.9 Å². The van der Waals surface area contributed by atoms with E-state index in [2.05, 4.69) is 0 Å². The van der Waals surface area contributed by atoms with E-state index in [-0.39, 0.29) is 11.4 Å². The normalized spacial score (nSPS) is 13.2. The van der Waals surface area contributed by atoms with Gasteiger partial charge in [0.25, 0.3) is 5.69 Å². The van der Waals surface area contributed by atoms with Crippen LogP contribution in [0.2, 0.25) is 0 Å². The van der Waals surface area contributed by atoms with Gasteiger partial charge in [0.05, 0.1) is 4.92 Å². The molecule has 0 heterocycles. The van der Waals surface area contributed by atoms with Gasteiger partial charge in [-0.1, -0.05) is 18.2 Å². The Morgan fingerprint density at radius 3 is 2.43 bits per heavy atom. The van der Waals surface area contributed by atoms with Crippen LogP contribution in [-0.4, -0.2) is 9.82 Å². The molecule has 0 aliphatic heterocycles. The van der Waals surface area contributed by atoms with Crippen LogP contribution in [0, 0.1) is 17.0 Å². The van der Waals surface area contributed by atoms with Gasteiger partial charge in [0.2, 0.25) is 0 Å². The van der Waals surface area contributed by atoms with Gasteiger partial charge >= 0.3 is 6.72 Å². The zero-order valence-corrected chi connectivity index (χ0v) is 12.7. The molecule has 0 saturated heterocycles. The fraction of sp³-hybridized carbons (Fsp3) is 0.0769. The maximum absolute atomic E-state index is 10.7. The van der Waals surface area contributed by atoms with Gasteiger partial charge in [0, 0.05) is 23.9 Å². The minimum absolute atomic E-state index is 0.0601. The van der Waals surface area contributed by atoms with Crippen molar-refractivity contribution < 1.29 is 18.9 Å². The van der Waals surface area contributed by atoms with Crippen molar-refractivity contribution >= 4 is 24.2 Å². The lowest BCUT2D eigenvalue weighted by atomic mass is 10.2. The highest BCUT2D eigenvalue weighted by molar-refractivity contribution is 8.07. The van der Waals surface area contributed by atoms with Gasteiger partial charge in [-0.15, -0.1) is 0 Å². The fourth-order valence-electron chi connectivity index (χ4n) is 1.61. The molecule has 1 atom stereocenters. The molecule has 0 radical (unpaired) electrons. The van der Waals surface area contributed by atoms with Gasteiger partial charge in [-0.25, -0.2) is 0 Å². The van der Waals surface area contributed by atoms with E-state index < -0.39 is 11.6 Å². The third-order valence-electron chi connectivity index (χ3n) is 2.55. The lowest BCUT2D eigenvalue weighted by molar-refractivity contribution is -0.384. The number of hydrogen-bond acceptors (Lipinski definition) is 5. The molecule has 0 bridgehead atoms. The molecule has 0 aliphatic carbocycles. The molecule has 8 heteroatoms. The molecule has 2 rings (SSSR count). The summed E-state index contributed by atoms with van der Waals surface area (Å²) in [7, 11) is 0. The Morgan fingerprint density at radius 2 is 1.86 bits per heavy atom. The molecule has 0 aliphatic rings. The zero-order chi connectivity index (χ0) is 15.5. The number of nitro groups is 1. The lowest BCUT2D eigenvalue weighted by Gasteiger charge is -2.18. The first kappa shape index (κ1) is 15.4. The van der Waals surface area contributed by atoms with E-state index in [0.717, 1.165) is 0 Å². The summed E-state index contributed by atoms with van der Waals surface area (Å²) in [6.45, 7) is -1.91. The molecule has 0 fully saturated rings. The third kappa shape index (κ3) is 4.26. The average molecular weight is 325 g/mol. The number of aryl methyl sites for hydroxylation is 1. The summed E-state index contributed by atoms with van der Waals surface area (Å²) in [6.07, 6.45) is 0. The smallest absolute Gasteiger partial charge is 0.416 e. The highest BCUT2D eigenvalue weighted by atomic mass is 32.5. The molecule has 0 amide bonds. The summed E-state index contributed by atoms with van der Waals surface area (Å²) < 4.78 is 10.6. The first-order valence-corrected chi connectivity index (χ1v) is 8.48. The van der Waals surface area contributed by atoms with Gasteiger partial charge in [0.1, 0.15) is 11.5 Å². The van der Waals surface area contributed by atoms with Crippen molar-refractivity contribution in [2.45, 2.75) is 6.92 Å². The van der Waals surface area contributed by atoms with Gasteiger partial charge in [-0.3, -0.25) is 10.1 Å². The topological polar surface area (TPSA) is 81.8 Å². The van der Waals surface area contributed by atoms with Crippen LogP contribution in [-0.2, 0) is 11.8 Å². The summed E-state index contributed by atoms with van der Waals surface area (Å²) in [5.74, 6) is 0.644. The molecule has 1 unspecified atom stereocenters. The number of hydrogen-bond donors (Lipinski definition) is 1. The van der Waals surface area contributed by atoms with Crippen LogP contribution in [0.15, 0.2) is 48.5 Å². The largest absolute Gasteiger partial charge is 0.432 e. The Kier molecular flexibility index (Phi) is 4.57. The maximum atomic E-state index is 10.7. The number of rotatable bonds is 5. The second kappa shape index (κ2) is 6.22.